The van der Waals surface area contributed by atoms with E-state index in [1.807, 2.05) is 6.07 Å². The molecule has 0 aromatic heterocycles. The van der Waals surface area contributed by atoms with Crippen LogP contribution >= 0.6 is 0 Å². The molecule has 0 aliphatic rings. The van der Waals surface area contributed by atoms with Crippen LogP contribution in [-0.4, -0.2) is 20.3 Å². The molecule has 0 bridgehead atoms. The van der Waals surface area contributed by atoms with Crippen molar-refractivity contribution in [1.82, 2.24) is 0 Å². The van der Waals surface area contributed by atoms with Crippen molar-refractivity contribution in [2.75, 3.05) is 20.3 Å². The molecule has 80 valence electrons. The molecule has 4 heteroatoms. The van der Waals surface area contributed by atoms with Gasteiger partial charge in [-0.05, 0) is 17.7 Å². The highest BCUT2D eigenvalue weighted by Crippen LogP contribution is 2.18. The Morgan fingerprint density at radius 3 is 2.80 bits per heavy atom. The maximum Gasteiger partial charge on any atom is 0.137 e. The standard InChI is InChI=1S/C11H14N2O2/c1-14-4-5-15-11-3-2-9(7-12)6-10(11)8-13/h2-3,6H,4-5,7,12H2,1H3. The fourth-order valence-electron chi connectivity index (χ4n) is 1.15. The number of benzene rings is 1. The minimum atomic E-state index is 0.424. The zero-order chi connectivity index (χ0) is 11.1. The highest BCUT2D eigenvalue weighted by atomic mass is 16.5. The second-order valence-corrected chi connectivity index (χ2v) is 2.99. The number of methoxy groups -OCH3 is 1. The maximum absolute atomic E-state index is 8.89. The summed E-state index contributed by atoms with van der Waals surface area (Å²) in [6, 6.07) is 7.42. The summed E-state index contributed by atoms with van der Waals surface area (Å²) in [4.78, 5) is 0. The first-order valence-corrected chi connectivity index (χ1v) is 4.66. The molecule has 0 saturated heterocycles. The van der Waals surface area contributed by atoms with Crippen LogP contribution < -0.4 is 10.5 Å². The molecule has 0 heterocycles. The van der Waals surface area contributed by atoms with Gasteiger partial charge < -0.3 is 15.2 Å². The van der Waals surface area contributed by atoms with Gasteiger partial charge in [-0.1, -0.05) is 6.07 Å². The first kappa shape index (κ1) is 11.5. The number of nitrogens with two attached hydrogens (primary N) is 1. The average molecular weight is 206 g/mol. The first-order valence-electron chi connectivity index (χ1n) is 4.66. The summed E-state index contributed by atoms with van der Waals surface area (Å²) in [5.74, 6) is 0.576. The van der Waals surface area contributed by atoms with Crippen molar-refractivity contribution in [2.45, 2.75) is 6.54 Å². The predicted molar refractivity (Wildman–Crippen MR) is 56.4 cm³/mol. The summed E-state index contributed by atoms with van der Waals surface area (Å²) < 4.78 is 10.2. The molecule has 0 radical (unpaired) electrons. The Balaban J connectivity index is 2.75. The lowest BCUT2D eigenvalue weighted by Gasteiger charge is -2.08. The summed E-state index contributed by atoms with van der Waals surface area (Å²) in [5.41, 5.74) is 6.91. The van der Waals surface area contributed by atoms with Gasteiger partial charge in [-0.25, -0.2) is 0 Å². The predicted octanol–water partition coefficient (Wildman–Crippen LogP) is 1.04. The Morgan fingerprint density at radius 1 is 1.40 bits per heavy atom. The lowest BCUT2D eigenvalue weighted by atomic mass is 10.1. The molecule has 1 aromatic rings. The van der Waals surface area contributed by atoms with Crippen molar-refractivity contribution in [3.63, 3.8) is 0 Å². The monoisotopic (exact) mass is 206 g/mol. The van der Waals surface area contributed by atoms with Crippen LogP contribution in [-0.2, 0) is 11.3 Å². The van der Waals surface area contributed by atoms with Crippen LogP contribution in [0.15, 0.2) is 18.2 Å². The molecule has 0 spiro atoms. The molecule has 0 fully saturated rings. The van der Waals surface area contributed by atoms with Crippen molar-refractivity contribution >= 4 is 0 Å². The van der Waals surface area contributed by atoms with E-state index in [1.165, 1.54) is 0 Å². The quantitative estimate of drug-likeness (QED) is 0.731. The number of hydrogen-bond acceptors (Lipinski definition) is 4. The lowest BCUT2D eigenvalue weighted by Crippen LogP contribution is -2.06. The van der Waals surface area contributed by atoms with Gasteiger partial charge in [0.05, 0.1) is 12.2 Å². The Bertz CT molecular complexity index is 358. The van der Waals surface area contributed by atoms with Gasteiger partial charge in [0.1, 0.15) is 18.4 Å². The fraction of sp³-hybridized carbons (Fsp3) is 0.364. The van der Waals surface area contributed by atoms with Gasteiger partial charge in [-0.2, -0.15) is 5.26 Å². The molecule has 0 aliphatic heterocycles. The third-order valence-corrected chi connectivity index (χ3v) is 1.95. The van der Waals surface area contributed by atoms with E-state index in [2.05, 4.69) is 6.07 Å². The number of nitrogens with zero attached hydrogens (tertiary/aromatic N) is 1. The summed E-state index contributed by atoms with van der Waals surface area (Å²) >= 11 is 0. The minimum absolute atomic E-state index is 0.424. The summed E-state index contributed by atoms with van der Waals surface area (Å²) in [7, 11) is 1.60. The molecule has 1 rings (SSSR count). The Labute approximate surface area is 89.2 Å². The van der Waals surface area contributed by atoms with Gasteiger partial charge >= 0.3 is 0 Å². The van der Waals surface area contributed by atoms with Gasteiger partial charge in [0.2, 0.25) is 0 Å². The van der Waals surface area contributed by atoms with Gasteiger partial charge in [-0.3, -0.25) is 0 Å². The van der Waals surface area contributed by atoms with Crippen LogP contribution in [0.3, 0.4) is 0 Å². The highest BCUT2D eigenvalue weighted by Gasteiger charge is 2.03. The van der Waals surface area contributed by atoms with Gasteiger partial charge in [0.25, 0.3) is 0 Å². The largest absolute Gasteiger partial charge is 0.490 e. The van der Waals surface area contributed by atoms with E-state index in [-0.39, 0.29) is 0 Å². The second kappa shape index (κ2) is 6.02. The molecule has 0 amide bonds. The van der Waals surface area contributed by atoms with E-state index in [0.717, 1.165) is 5.56 Å². The summed E-state index contributed by atoms with van der Waals surface area (Å²) in [6.07, 6.45) is 0. The lowest BCUT2D eigenvalue weighted by molar-refractivity contribution is 0.146. The maximum atomic E-state index is 8.89. The van der Waals surface area contributed by atoms with Crippen LogP contribution in [0.4, 0.5) is 0 Å². The fourth-order valence-corrected chi connectivity index (χ4v) is 1.15. The molecule has 4 nitrogen and oxygen atoms in total. The zero-order valence-electron chi connectivity index (χ0n) is 8.69. The molecule has 0 unspecified atom stereocenters. The van der Waals surface area contributed by atoms with Crippen LogP contribution in [0.2, 0.25) is 0 Å². The van der Waals surface area contributed by atoms with Gasteiger partial charge in [0.15, 0.2) is 0 Å². The molecule has 0 aliphatic carbocycles. The van der Waals surface area contributed by atoms with E-state index in [0.29, 0.717) is 31.1 Å². The van der Waals surface area contributed by atoms with E-state index >= 15 is 0 Å². The van der Waals surface area contributed by atoms with Crippen molar-refractivity contribution in [3.8, 4) is 11.8 Å². The minimum Gasteiger partial charge on any atom is -0.490 e. The number of rotatable bonds is 5. The third kappa shape index (κ3) is 3.24. The van der Waals surface area contributed by atoms with E-state index in [9.17, 15) is 0 Å². The zero-order valence-corrected chi connectivity index (χ0v) is 8.69. The second-order valence-electron chi connectivity index (χ2n) is 2.99. The SMILES string of the molecule is COCCOc1ccc(CN)cc1C#N. The van der Waals surface area contributed by atoms with Crippen molar-refractivity contribution in [2.24, 2.45) is 5.73 Å². The molecule has 0 atom stereocenters. The Hall–Kier alpha value is -1.57. The van der Waals surface area contributed by atoms with E-state index in [1.54, 1.807) is 19.2 Å². The molecule has 15 heavy (non-hydrogen) atoms. The molecule has 0 saturated carbocycles. The molecular weight excluding hydrogens is 192 g/mol. The molecule has 2 N–H and O–H groups in total. The summed E-state index contributed by atoms with van der Waals surface area (Å²) in [5, 5.41) is 8.89. The molecule has 1 aromatic carbocycles. The normalized spacial score (nSPS) is 9.67. The molecular formula is C11H14N2O2. The van der Waals surface area contributed by atoms with Crippen LogP contribution in [0.25, 0.3) is 0 Å². The third-order valence-electron chi connectivity index (χ3n) is 1.95. The summed E-state index contributed by atoms with van der Waals surface area (Å²) in [6.45, 7) is 1.36. The van der Waals surface area contributed by atoms with Gasteiger partial charge in [-0.15, -0.1) is 0 Å². The van der Waals surface area contributed by atoms with E-state index < -0.39 is 0 Å². The first-order chi connectivity index (χ1) is 7.31. The van der Waals surface area contributed by atoms with Gasteiger partial charge in [0, 0.05) is 13.7 Å². The Morgan fingerprint density at radius 2 is 2.20 bits per heavy atom. The van der Waals surface area contributed by atoms with Crippen LogP contribution in [0.1, 0.15) is 11.1 Å². The smallest absolute Gasteiger partial charge is 0.137 e. The van der Waals surface area contributed by atoms with Crippen LogP contribution in [0.5, 0.6) is 5.75 Å². The average Bonchev–Trinajstić information content (AvgIpc) is 2.29. The number of ether oxygens (including phenoxy) is 2. The van der Waals surface area contributed by atoms with Crippen molar-refractivity contribution < 1.29 is 9.47 Å². The number of hydrogen-bond donors (Lipinski definition) is 1. The topological polar surface area (TPSA) is 68.3 Å². The number of nitriles is 1. The van der Waals surface area contributed by atoms with Crippen LogP contribution in [0, 0.1) is 11.3 Å². The van der Waals surface area contributed by atoms with E-state index in [4.69, 9.17) is 20.5 Å². The Kier molecular flexibility index (Phi) is 4.61. The van der Waals surface area contributed by atoms with Crippen molar-refractivity contribution in [1.29, 1.82) is 5.26 Å². The van der Waals surface area contributed by atoms with Crippen molar-refractivity contribution in [3.05, 3.63) is 29.3 Å². The highest BCUT2D eigenvalue weighted by molar-refractivity contribution is 5.45.